The largest absolute Gasteiger partial charge is 0.378 e. The molecule has 20 heavy (non-hydrogen) atoms. The molecule has 0 unspecified atom stereocenters. The molecule has 0 atom stereocenters. The quantitative estimate of drug-likeness (QED) is 0.302. The summed E-state index contributed by atoms with van der Waals surface area (Å²) in [5.41, 5.74) is 0. The fourth-order valence-corrected chi connectivity index (χ4v) is 2.48. The summed E-state index contributed by atoms with van der Waals surface area (Å²) in [5, 5.41) is 6.72. The van der Waals surface area contributed by atoms with E-state index in [9.17, 15) is 0 Å². The van der Waals surface area contributed by atoms with E-state index >= 15 is 0 Å². The molecule has 2 rings (SSSR count). The zero-order valence-corrected chi connectivity index (χ0v) is 15.0. The van der Waals surface area contributed by atoms with Gasteiger partial charge >= 0.3 is 0 Å². The second kappa shape index (κ2) is 10.7. The Kier molecular flexibility index (Phi) is 9.59. The molecule has 0 aliphatic heterocycles. The summed E-state index contributed by atoms with van der Waals surface area (Å²) in [6.45, 7) is 4.75. The highest BCUT2D eigenvalue weighted by atomic mass is 127. The van der Waals surface area contributed by atoms with Crippen molar-refractivity contribution >= 4 is 29.9 Å². The highest BCUT2D eigenvalue weighted by Gasteiger charge is 2.21. The van der Waals surface area contributed by atoms with E-state index in [4.69, 9.17) is 4.74 Å². The minimum absolute atomic E-state index is 0. The molecule has 2 saturated carbocycles. The first kappa shape index (κ1) is 18.0. The van der Waals surface area contributed by atoms with Crippen molar-refractivity contribution in [1.82, 2.24) is 10.6 Å². The highest BCUT2D eigenvalue weighted by Crippen LogP contribution is 2.20. The van der Waals surface area contributed by atoms with Crippen molar-refractivity contribution in [2.75, 3.05) is 19.7 Å². The Labute approximate surface area is 140 Å². The van der Waals surface area contributed by atoms with E-state index in [1.807, 2.05) is 0 Å². The standard InChI is InChI=1S/C15H29N3O.HI/c1-2-16-15(18-13-9-10-13)17-11-6-12-19-14-7-4-3-5-8-14;/h13-14H,2-12H2,1H3,(H2,16,17,18);1H. The van der Waals surface area contributed by atoms with Crippen LogP contribution >= 0.6 is 24.0 Å². The molecule has 4 nitrogen and oxygen atoms in total. The Morgan fingerprint density at radius 1 is 1.15 bits per heavy atom. The third kappa shape index (κ3) is 7.67. The Hall–Kier alpha value is -0.0400. The van der Waals surface area contributed by atoms with E-state index in [0.717, 1.165) is 32.1 Å². The Morgan fingerprint density at radius 3 is 2.55 bits per heavy atom. The molecule has 118 valence electrons. The van der Waals surface area contributed by atoms with Crippen molar-refractivity contribution in [2.24, 2.45) is 4.99 Å². The number of nitrogens with zero attached hydrogens (tertiary/aromatic N) is 1. The average Bonchev–Trinajstić information content (AvgIpc) is 3.24. The summed E-state index contributed by atoms with van der Waals surface area (Å²) in [6, 6.07) is 0.663. The molecule has 0 bridgehead atoms. The summed E-state index contributed by atoms with van der Waals surface area (Å²) >= 11 is 0. The summed E-state index contributed by atoms with van der Waals surface area (Å²) in [7, 11) is 0. The number of hydrogen-bond donors (Lipinski definition) is 2. The molecule has 0 heterocycles. The normalized spacial score (nSPS) is 20.4. The monoisotopic (exact) mass is 395 g/mol. The molecule has 0 saturated heterocycles. The summed E-state index contributed by atoms with van der Waals surface area (Å²) in [5.74, 6) is 0.975. The van der Waals surface area contributed by atoms with Crippen LogP contribution < -0.4 is 10.6 Å². The predicted molar refractivity (Wildman–Crippen MR) is 95.0 cm³/mol. The molecule has 0 radical (unpaired) electrons. The predicted octanol–water partition coefficient (Wildman–Crippen LogP) is 3.06. The number of ether oxygens (including phenoxy) is 1. The lowest BCUT2D eigenvalue weighted by atomic mass is 9.98. The Morgan fingerprint density at radius 2 is 1.90 bits per heavy atom. The van der Waals surface area contributed by atoms with E-state index < -0.39 is 0 Å². The molecule has 0 aromatic carbocycles. The van der Waals surface area contributed by atoms with Gasteiger partial charge in [-0.1, -0.05) is 19.3 Å². The van der Waals surface area contributed by atoms with Crippen LogP contribution in [0.4, 0.5) is 0 Å². The maximum atomic E-state index is 5.91. The Bertz CT molecular complexity index is 276. The molecule has 2 fully saturated rings. The van der Waals surface area contributed by atoms with Crippen LogP contribution in [0, 0.1) is 0 Å². The van der Waals surface area contributed by atoms with Crippen molar-refractivity contribution in [2.45, 2.75) is 70.4 Å². The lowest BCUT2D eigenvalue weighted by molar-refractivity contribution is 0.0281. The molecule has 5 heteroatoms. The van der Waals surface area contributed by atoms with Crippen molar-refractivity contribution in [3.05, 3.63) is 0 Å². The number of guanidine groups is 1. The van der Waals surface area contributed by atoms with E-state index in [1.54, 1.807) is 0 Å². The van der Waals surface area contributed by atoms with Gasteiger partial charge in [0.15, 0.2) is 5.96 Å². The first-order valence-corrected chi connectivity index (χ1v) is 8.05. The SMILES string of the molecule is CCNC(=NCCCOC1CCCCC1)NC1CC1.I. The molecule has 2 N–H and O–H groups in total. The van der Waals surface area contributed by atoms with E-state index in [1.165, 1.54) is 44.9 Å². The van der Waals surface area contributed by atoms with Crippen LogP contribution in [0.25, 0.3) is 0 Å². The lowest BCUT2D eigenvalue weighted by Crippen LogP contribution is -2.38. The summed E-state index contributed by atoms with van der Waals surface area (Å²) < 4.78 is 5.91. The van der Waals surface area contributed by atoms with Crippen LogP contribution in [0.15, 0.2) is 4.99 Å². The first-order chi connectivity index (χ1) is 9.38. The van der Waals surface area contributed by atoms with Crippen LogP contribution in [0.5, 0.6) is 0 Å². The summed E-state index contributed by atoms with van der Waals surface area (Å²) in [4.78, 5) is 4.59. The van der Waals surface area contributed by atoms with Gasteiger partial charge in [0.2, 0.25) is 0 Å². The molecule has 0 amide bonds. The topological polar surface area (TPSA) is 45.7 Å². The van der Waals surface area contributed by atoms with Gasteiger partial charge in [0.1, 0.15) is 0 Å². The smallest absolute Gasteiger partial charge is 0.191 e. The fraction of sp³-hybridized carbons (Fsp3) is 0.933. The minimum Gasteiger partial charge on any atom is -0.378 e. The molecular weight excluding hydrogens is 365 g/mol. The van der Waals surface area contributed by atoms with Gasteiger partial charge in [-0.2, -0.15) is 0 Å². The Balaban J connectivity index is 0.00000200. The zero-order valence-electron chi connectivity index (χ0n) is 12.7. The molecule has 0 spiro atoms. The van der Waals surface area contributed by atoms with Crippen LogP contribution in [0.2, 0.25) is 0 Å². The van der Waals surface area contributed by atoms with Crippen molar-refractivity contribution in [3.8, 4) is 0 Å². The molecule has 2 aliphatic rings. The van der Waals surface area contributed by atoms with Gasteiger partial charge in [0.25, 0.3) is 0 Å². The van der Waals surface area contributed by atoms with Gasteiger partial charge in [-0.3, -0.25) is 4.99 Å². The lowest BCUT2D eigenvalue weighted by Gasteiger charge is -2.21. The second-order valence-electron chi connectivity index (χ2n) is 5.66. The van der Waals surface area contributed by atoms with Gasteiger partial charge in [0, 0.05) is 25.7 Å². The van der Waals surface area contributed by atoms with E-state index in [-0.39, 0.29) is 24.0 Å². The number of hydrogen-bond acceptors (Lipinski definition) is 2. The maximum absolute atomic E-state index is 5.91. The van der Waals surface area contributed by atoms with Crippen LogP contribution in [0.3, 0.4) is 0 Å². The zero-order chi connectivity index (χ0) is 13.3. The fourth-order valence-electron chi connectivity index (χ4n) is 2.48. The van der Waals surface area contributed by atoms with Gasteiger partial charge in [-0.25, -0.2) is 0 Å². The third-order valence-corrected chi connectivity index (χ3v) is 3.74. The molecule has 2 aliphatic carbocycles. The van der Waals surface area contributed by atoms with E-state index in [0.29, 0.717) is 12.1 Å². The van der Waals surface area contributed by atoms with Crippen LogP contribution in [0.1, 0.15) is 58.3 Å². The number of nitrogens with one attached hydrogen (secondary N) is 2. The van der Waals surface area contributed by atoms with Crippen LogP contribution in [-0.4, -0.2) is 37.8 Å². The van der Waals surface area contributed by atoms with Crippen LogP contribution in [-0.2, 0) is 4.74 Å². The van der Waals surface area contributed by atoms with Crippen molar-refractivity contribution < 1.29 is 4.74 Å². The second-order valence-corrected chi connectivity index (χ2v) is 5.66. The number of halogens is 1. The third-order valence-electron chi connectivity index (χ3n) is 3.74. The van der Waals surface area contributed by atoms with Crippen molar-refractivity contribution in [3.63, 3.8) is 0 Å². The number of aliphatic imine (C=N–C) groups is 1. The first-order valence-electron chi connectivity index (χ1n) is 8.05. The van der Waals surface area contributed by atoms with E-state index in [2.05, 4.69) is 22.5 Å². The van der Waals surface area contributed by atoms with Crippen molar-refractivity contribution in [1.29, 1.82) is 0 Å². The van der Waals surface area contributed by atoms with Gasteiger partial charge in [0.05, 0.1) is 6.10 Å². The van der Waals surface area contributed by atoms with Gasteiger partial charge < -0.3 is 15.4 Å². The summed E-state index contributed by atoms with van der Waals surface area (Å²) in [6.07, 6.45) is 10.7. The minimum atomic E-state index is 0. The van der Waals surface area contributed by atoms with Gasteiger partial charge in [-0.05, 0) is 39.0 Å². The molecule has 0 aromatic rings. The molecular formula is C15H30IN3O. The average molecular weight is 395 g/mol. The number of rotatable bonds is 7. The highest BCUT2D eigenvalue weighted by molar-refractivity contribution is 14.0. The van der Waals surface area contributed by atoms with Gasteiger partial charge in [-0.15, -0.1) is 24.0 Å². The molecule has 0 aromatic heterocycles. The maximum Gasteiger partial charge on any atom is 0.191 e.